The zero-order valence-electron chi connectivity index (χ0n) is 18.6. The molecule has 10 heteroatoms. The lowest BCUT2D eigenvalue weighted by Gasteiger charge is -2.10. The summed E-state index contributed by atoms with van der Waals surface area (Å²) in [4.78, 5) is 31.9. The van der Waals surface area contributed by atoms with Crippen LogP contribution in [-0.2, 0) is 21.2 Å². The zero-order valence-corrected chi connectivity index (χ0v) is 19.4. The number of imidazole rings is 1. The Bertz CT molecular complexity index is 1400. The predicted molar refractivity (Wildman–Crippen MR) is 134 cm³/mol. The van der Waals surface area contributed by atoms with E-state index in [9.17, 15) is 18.0 Å². The Kier molecular flexibility index (Phi) is 7.22. The Labute approximate surface area is 202 Å². The van der Waals surface area contributed by atoms with E-state index in [0.29, 0.717) is 29.0 Å². The number of H-pyrrole nitrogens is 1. The smallest absolute Gasteiger partial charge is 0.261 e. The molecule has 0 saturated heterocycles. The van der Waals surface area contributed by atoms with Crippen molar-refractivity contribution >= 4 is 38.9 Å². The zero-order chi connectivity index (χ0) is 24.7. The second-order valence-corrected chi connectivity index (χ2v) is 9.32. The van der Waals surface area contributed by atoms with Gasteiger partial charge in [0.25, 0.3) is 15.9 Å². The Morgan fingerprint density at radius 2 is 1.57 bits per heavy atom. The van der Waals surface area contributed by atoms with Crippen LogP contribution >= 0.6 is 0 Å². The molecule has 0 aliphatic rings. The van der Waals surface area contributed by atoms with Crippen LogP contribution in [0.3, 0.4) is 0 Å². The van der Waals surface area contributed by atoms with E-state index in [-0.39, 0.29) is 17.2 Å². The average Bonchev–Trinajstić information content (AvgIpc) is 3.37. The van der Waals surface area contributed by atoms with Gasteiger partial charge in [0.15, 0.2) is 0 Å². The number of amides is 2. The number of hydrogen-bond acceptors (Lipinski definition) is 5. The van der Waals surface area contributed by atoms with E-state index in [4.69, 9.17) is 0 Å². The number of aryl methyl sites for hydroxylation is 1. The topological polar surface area (TPSA) is 133 Å². The van der Waals surface area contributed by atoms with Gasteiger partial charge in [-0.3, -0.25) is 14.3 Å². The molecule has 0 radical (unpaired) electrons. The van der Waals surface area contributed by atoms with Crippen molar-refractivity contribution in [2.45, 2.75) is 17.7 Å². The second-order valence-electron chi connectivity index (χ2n) is 7.64. The lowest BCUT2D eigenvalue weighted by Crippen LogP contribution is -2.15. The van der Waals surface area contributed by atoms with Crippen molar-refractivity contribution in [3.05, 3.63) is 103 Å². The van der Waals surface area contributed by atoms with Gasteiger partial charge in [-0.2, -0.15) is 0 Å². The molecule has 0 atom stereocenters. The first-order chi connectivity index (χ1) is 16.9. The fourth-order valence-corrected chi connectivity index (χ4v) is 4.33. The van der Waals surface area contributed by atoms with Crippen molar-refractivity contribution in [2.75, 3.05) is 15.4 Å². The number of carbonyl (C=O) groups is 2. The van der Waals surface area contributed by atoms with Gasteiger partial charge >= 0.3 is 0 Å². The van der Waals surface area contributed by atoms with Crippen LogP contribution in [0.5, 0.6) is 0 Å². The van der Waals surface area contributed by atoms with Gasteiger partial charge in [0, 0.05) is 35.2 Å². The number of hydrogen-bond donors (Lipinski definition) is 4. The Morgan fingerprint density at radius 1 is 0.829 bits per heavy atom. The van der Waals surface area contributed by atoms with Crippen LogP contribution < -0.4 is 15.4 Å². The van der Waals surface area contributed by atoms with E-state index in [0.717, 1.165) is 5.69 Å². The summed E-state index contributed by atoms with van der Waals surface area (Å²) in [5.74, 6) is -0.581. The second kappa shape index (κ2) is 10.7. The third-order valence-electron chi connectivity index (χ3n) is 5.02. The van der Waals surface area contributed by atoms with E-state index in [1.54, 1.807) is 67.1 Å². The number of sulfonamides is 1. The summed E-state index contributed by atoms with van der Waals surface area (Å²) in [5, 5.41) is 5.51. The summed E-state index contributed by atoms with van der Waals surface area (Å²) in [7, 11) is -3.76. The summed E-state index contributed by atoms with van der Waals surface area (Å²) in [5.41, 5.74) is 2.53. The highest BCUT2D eigenvalue weighted by atomic mass is 32.2. The summed E-state index contributed by atoms with van der Waals surface area (Å²) in [6, 6.07) is 21.0. The average molecular weight is 490 g/mol. The monoisotopic (exact) mass is 489 g/mol. The fraction of sp³-hybridized carbons (Fsp3) is 0.0800. The fourth-order valence-electron chi connectivity index (χ4n) is 3.27. The molecule has 4 aromatic rings. The Hall–Kier alpha value is -4.44. The van der Waals surface area contributed by atoms with Crippen LogP contribution in [0.2, 0.25) is 0 Å². The molecular weight excluding hydrogens is 466 g/mol. The molecule has 35 heavy (non-hydrogen) atoms. The van der Waals surface area contributed by atoms with Crippen LogP contribution in [-0.4, -0.2) is 30.2 Å². The molecule has 3 aromatic carbocycles. The van der Waals surface area contributed by atoms with Gasteiger partial charge in [-0.1, -0.05) is 24.3 Å². The third-order valence-corrected chi connectivity index (χ3v) is 6.42. The van der Waals surface area contributed by atoms with Gasteiger partial charge in [0.05, 0.1) is 16.9 Å². The molecule has 0 saturated carbocycles. The molecule has 0 fully saturated rings. The normalized spacial score (nSPS) is 11.0. The highest BCUT2D eigenvalue weighted by Crippen LogP contribution is 2.19. The molecule has 9 nitrogen and oxygen atoms in total. The standard InChI is InChI=1S/C25H23N5O4S/c31-24(14-11-22-16-26-17-27-22)28-21-8-4-5-18(15-21)25(32)29-19-9-12-23(13-10-19)35(33,34)30-20-6-2-1-3-7-20/h1-10,12-13,15-17,30H,11,14H2,(H,26,27)(H,28,31)(H,29,32). The number of aromatic amines is 1. The summed E-state index contributed by atoms with van der Waals surface area (Å²) >= 11 is 0. The minimum absolute atomic E-state index is 0.0684. The maximum atomic E-state index is 12.7. The van der Waals surface area contributed by atoms with Crippen LogP contribution in [0.4, 0.5) is 17.1 Å². The van der Waals surface area contributed by atoms with E-state index < -0.39 is 15.9 Å². The van der Waals surface area contributed by atoms with Crippen molar-refractivity contribution in [1.29, 1.82) is 0 Å². The van der Waals surface area contributed by atoms with Crippen molar-refractivity contribution in [2.24, 2.45) is 0 Å². The van der Waals surface area contributed by atoms with E-state index >= 15 is 0 Å². The Balaban J connectivity index is 1.35. The minimum atomic E-state index is -3.76. The number of aromatic nitrogens is 2. The van der Waals surface area contributed by atoms with E-state index in [2.05, 4.69) is 25.3 Å². The molecule has 0 aliphatic heterocycles. The molecule has 0 bridgehead atoms. The number of carbonyl (C=O) groups excluding carboxylic acids is 2. The number of para-hydroxylation sites is 1. The molecular formula is C25H23N5O4S. The number of nitrogens with zero attached hydrogens (tertiary/aromatic N) is 1. The van der Waals surface area contributed by atoms with Gasteiger partial charge in [0.2, 0.25) is 5.91 Å². The first kappa shape index (κ1) is 23.7. The molecule has 1 aromatic heterocycles. The Morgan fingerprint density at radius 3 is 2.29 bits per heavy atom. The molecule has 0 unspecified atom stereocenters. The van der Waals surface area contributed by atoms with Gasteiger partial charge in [0.1, 0.15) is 0 Å². The number of rotatable bonds is 9. The lowest BCUT2D eigenvalue weighted by atomic mass is 10.1. The summed E-state index contributed by atoms with van der Waals surface area (Å²) in [6.07, 6.45) is 4.06. The summed E-state index contributed by atoms with van der Waals surface area (Å²) < 4.78 is 27.6. The third kappa shape index (κ3) is 6.55. The quantitative estimate of drug-likeness (QED) is 0.282. The highest BCUT2D eigenvalue weighted by Gasteiger charge is 2.15. The van der Waals surface area contributed by atoms with Crippen molar-refractivity contribution in [3.63, 3.8) is 0 Å². The predicted octanol–water partition coefficient (Wildman–Crippen LogP) is 4.03. The number of anilines is 3. The minimum Gasteiger partial charge on any atom is -0.351 e. The van der Waals surface area contributed by atoms with Crippen LogP contribution in [0, 0.1) is 0 Å². The lowest BCUT2D eigenvalue weighted by molar-refractivity contribution is -0.116. The van der Waals surface area contributed by atoms with Gasteiger partial charge in [-0.15, -0.1) is 0 Å². The molecule has 178 valence electrons. The molecule has 1 heterocycles. The van der Waals surface area contributed by atoms with Crippen LogP contribution in [0.1, 0.15) is 22.5 Å². The molecule has 2 amide bonds. The van der Waals surface area contributed by atoms with Gasteiger partial charge < -0.3 is 15.6 Å². The molecule has 0 spiro atoms. The first-order valence-corrected chi connectivity index (χ1v) is 12.2. The van der Waals surface area contributed by atoms with Crippen LogP contribution in [0.25, 0.3) is 0 Å². The maximum Gasteiger partial charge on any atom is 0.261 e. The molecule has 0 aliphatic carbocycles. The van der Waals surface area contributed by atoms with Crippen molar-refractivity contribution in [1.82, 2.24) is 9.97 Å². The maximum absolute atomic E-state index is 12.7. The summed E-state index contributed by atoms with van der Waals surface area (Å²) in [6.45, 7) is 0. The van der Waals surface area contributed by atoms with Gasteiger partial charge in [-0.25, -0.2) is 13.4 Å². The molecule has 4 rings (SSSR count). The molecule has 4 N–H and O–H groups in total. The number of nitrogens with one attached hydrogen (secondary N) is 4. The van der Waals surface area contributed by atoms with Crippen molar-refractivity contribution in [3.8, 4) is 0 Å². The number of benzene rings is 3. The van der Waals surface area contributed by atoms with Crippen molar-refractivity contribution < 1.29 is 18.0 Å². The SMILES string of the molecule is O=C(CCc1c[nH]cn1)Nc1cccc(C(=O)Nc2ccc(S(=O)(=O)Nc3ccccc3)cc2)c1. The largest absolute Gasteiger partial charge is 0.351 e. The van der Waals surface area contributed by atoms with Crippen LogP contribution in [0.15, 0.2) is 96.3 Å². The van der Waals surface area contributed by atoms with Gasteiger partial charge in [-0.05, 0) is 61.0 Å². The highest BCUT2D eigenvalue weighted by molar-refractivity contribution is 7.92. The first-order valence-electron chi connectivity index (χ1n) is 10.8. The van der Waals surface area contributed by atoms with E-state index in [1.807, 2.05) is 0 Å². The van der Waals surface area contributed by atoms with E-state index in [1.165, 1.54) is 24.3 Å².